The molecule has 48 heavy (non-hydrogen) atoms. The number of nitrogens with zero attached hydrogens (tertiary/aromatic N) is 2. The molecule has 0 aromatic heterocycles. The van der Waals surface area contributed by atoms with Crippen molar-refractivity contribution in [2.24, 2.45) is 10.8 Å². The van der Waals surface area contributed by atoms with E-state index in [1.807, 2.05) is 6.07 Å². The van der Waals surface area contributed by atoms with Gasteiger partial charge in [0.2, 0.25) is 0 Å². The molecule has 9 nitrogen and oxygen atoms in total. The zero-order valence-corrected chi connectivity index (χ0v) is 34.9. The fourth-order valence-electron chi connectivity index (χ4n) is 4.74. The number of hydrazone groups is 1. The molecule has 1 heterocycles. The van der Waals surface area contributed by atoms with E-state index >= 15 is 0 Å². The molecule has 1 atom stereocenters. The first-order chi connectivity index (χ1) is 21.6. The molecule has 1 aliphatic rings. The van der Waals surface area contributed by atoms with Crippen molar-refractivity contribution in [1.29, 1.82) is 0 Å². The van der Waals surface area contributed by atoms with Crippen LogP contribution in [-0.2, 0) is 20.4 Å². The van der Waals surface area contributed by atoms with E-state index in [0.717, 1.165) is 23.4 Å². The summed E-state index contributed by atoms with van der Waals surface area (Å²) in [5.41, 5.74) is 8.83. The number of hydrogen-bond acceptors (Lipinski definition) is 6. The van der Waals surface area contributed by atoms with Gasteiger partial charge < -0.3 is 21.1 Å². The number of carbonyl (C=O) groups is 3. The van der Waals surface area contributed by atoms with Crippen molar-refractivity contribution in [2.45, 2.75) is 71.3 Å². The molecule has 4 N–H and O–H groups in total. The monoisotopic (exact) mass is 843 g/mol. The Hall–Kier alpha value is -2.54. The summed E-state index contributed by atoms with van der Waals surface area (Å²) in [7, 11) is 0. The Morgan fingerprint density at radius 1 is 0.938 bits per heavy atom. The number of ether oxygens (including phenoxy) is 1. The molecular weight excluding hydrogens is 803 g/mol. The zero-order valence-electron chi connectivity index (χ0n) is 27.7. The molecule has 1 aliphatic heterocycles. The van der Waals surface area contributed by atoms with Crippen LogP contribution in [0, 0.1) is 0 Å². The van der Waals surface area contributed by atoms with Crippen LogP contribution in [0.3, 0.4) is 0 Å². The molecule has 0 fully saturated rings. The Balaban J connectivity index is 0.00000400. The van der Waals surface area contributed by atoms with Gasteiger partial charge in [-0.3, -0.25) is 14.4 Å². The van der Waals surface area contributed by atoms with Crippen molar-refractivity contribution >= 4 is 106 Å². The number of nitrogens with two attached hydrogens (primary N) is 1. The summed E-state index contributed by atoms with van der Waals surface area (Å²) in [5.74, 6) is -1.07. The molecule has 14 heteroatoms. The van der Waals surface area contributed by atoms with Crippen LogP contribution in [0.2, 0.25) is 15.1 Å². The minimum absolute atomic E-state index is 0. The van der Waals surface area contributed by atoms with E-state index in [1.54, 1.807) is 18.2 Å². The molecule has 0 spiro atoms. The average Bonchev–Trinajstić information content (AvgIpc) is 3.27. The summed E-state index contributed by atoms with van der Waals surface area (Å²) in [6.45, 7) is 12.8. The fourth-order valence-corrected chi connectivity index (χ4v) is 5.71. The van der Waals surface area contributed by atoms with Gasteiger partial charge in [0.15, 0.2) is 12.4 Å². The fraction of sp³-hybridized carbons (Fsp3) is 0.353. The Morgan fingerprint density at radius 3 is 2.17 bits per heavy atom. The maximum absolute atomic E-state index is 13.1. The second kappa shape index (κ2) is 16.9. The number of anilines is 2. The predicted molar refractivity (Wildman–Crippen MR) is 201 cm³/mol. The van der Waals surface area contributed by atoms with E-state index in [9.17, 15) is 14.4 Å². The molecule has 3 aromatic rings. The molecule has 258 valence electrons. The molecule has 2 radical (unpaired) electrons. The predicted octanol–water partition coefficient (Wildman–Crippen LogP) is 6.96. The van der Waals surface area contributed by atoms with Gasteiger partial charge in [-0.05, 0) is 65.6 Å². The summed E-state index contributed by atoms with van der Waals surface area (Å²) >= 11 is 18.5. The number of hydrogen-bond donors (Lipinski definition) is 3. The number of carbonyl (C=O) groups excluding carboxylic acids is 3. The Morgan fingerprint density at radius 2 is 1.56 bits per heavy atom. The van der Waals surface area contributed by atoms with Crippen LogP contribution < -0.4 is 26.1 Å². The molecule has 0 bridgehead atoms. The van der Waals surface area contributed by atoms with E-state index in [4.69, 9.17) is 45.3 Å². The number of rotatable bonds is 10. The van der Waals surface area contributed by atoms with E-state index < -0.39 is 23.8 Å². The van der Waals surface area contributed by atoms with E-state index in [1.165, 1.54) is 23.8 Å². The maximum atomic E-state index is 13.1. The van der Waals surface area contributed by atoms with Gasteiger partial charge in [0.05, 0.1) is 10.0 Å². The number of halogens is 4. The minimum atomic E-state index is -1.27. The van der Waals surface area contributed by atoms with Crippen LogP contribution in [0.5, 0.6) is 5.75 Å². The first kappa shape index (κ1) is 41.6. The van der Waals surface area contributed by atoms with Gasteiger partial charge in [0, 0.05) is 21.8 Å². The number of benzene rings is 3. The van der Waals surface area contributed by atoms with Gasteiger partial charge in [0.1, 0.15) is 17.5 Å². The molecule has 1 unspecified atom stereocenters. The van der Waals surface area contributed by atoms with Crippen LogP contribution >= 0.6 is 47.2 Å². The quantitative estimate of drug-likeness (QED) is 0.191. The molecule has 0 saturated carbocycles. The third kappa shape index (κ3) is 9.37. The summed E-state index contributed by atoms with van der Waals surface area (Å²) in [5, 5.41) is 10.9. The van der Waals surface area contributed by atoms with Crippen molar-refractivity contribution in [3.05, 3.63) is 86.4 Å². The SMILES string of the molecule is CCC(C)(C)c1ccc(OCC(=O)Nc2cccc(C(=O)NC3=NN(c4c(Cl)cc(Cl)cc4Cl)C(=O)C3N)c2)c(C(C)(C)CC)c1.Cl.[SnH2]. The Bertz CT molecular complexity index is 1690. The van der Waals surface area contributed by atoms with Gasteiger partial charge in [0.25, 0.3) is 17.7 Å². The number of amidine groups is 1. The summed E-state index contributed by atoms with van der Waals surface area (Å²) in [6, 6.07) is 14.0. The van der Waals surface area contributed by atoms with Crippen molar-refractivity contribution in [3.63, 3.8) is 0 Å². The number of nitrogens with one attached hydrogen (secondary N) is 2. The third-order valence-electron chi connectivity index (χ3n) is 8.44. The first-order valence-electron chi connectivity index (χ1n) is 14.9. The van der Waals surface area contributed by atoms with Crippen LogP contribution in [0.15, 0.2) is 59.7 Å². The molecule has 0 saturated heterocycles. The topological polar surface area (TPSA) is 126 Å². The Labute approximate surface area is 319 Å². The van der Waals surface area contributed by atoms with E-state index in [-0.39, 0.29) is 85.9 Å². The second-order valence-electron chi connectivity index (χ2n) is 12.4. The summed E-state index contributed by atoms with van der Waals surface area (Å²) < 4.78 is 6.04. The third-order valence-corrected chi connectivity index (χ3v) is 9.23. The van der Waals surface area contributed by atoms with Gasteiger partial charge in [-0.15, -0.1) is 17.5 Å². The van der Waals surface area contributed by atoms with Crippen LogP contribution in [-0.4, -0.2) is 60.1 Å². The summed E-state index contributed by atoms with van der Waals surface area (Å²) in [4.78, 5) is 38.9. The molecule has 3 amide bonds. The van der Waals surface area contributed by atoms with Gasteiger partial charge in [-0.1, -0.05) is 94.5 Å². The molecule has 3 aromatic carbocycles. The molecule has 4 rings (SSSR count). The van der Waals surface area contributed by atoms with Crippen LogP contribution in [0.4, 0.5) is 11.4 Å². The van der Waals surface area contributed by atoms with E-state index in [0.29, 0.717) is 11.4 Å². The Kier molecular flexibility index (Phi) is 14.7. The normalized spacial score (nSPS) is 14.5. The molecular formula is C34H41Cl4N5O4Sn. The van der Waals surface area contributed by atoms with Crippen molar-refractivity contribution in [3.8, 4) is 5.75 Å². The van der Waals surface area contributed by atoms with Crippen LogP contribution in [0.25, 0.3) is 0 Å². The van der Waals surface area contributed by atoms with Crippen LogP contribution in [0.1, 0.15) is 75.9 Å². The van der Waals surface area contributed by atoms with E-state index in [2.05, 4.69) is 69.4 Å². The standard InChI is InChI=1S/C34H38Cl3N5O4.ClH.Sn.2H/c1-7-33(3,4)20-12-13-26(23(15-20)34(5,6)8-2)46-18-27(43)39-22-11-9-10-19(14-22)31(44)40-30-28(38)32(45)42(41-30)29-24(36)16-21(35)17-25(29)37;;;;/h9-17,28H,7-8,18,38H2,1-6H3,(H,39,43)(H,40,41,44);1H;;;. The van der Waals surface area contributed by atoms with Crippen molar-refractivity contribution in [2.75, 3.05) is 16.9 Å². The second-order valence-corrected chi connectivity index (χ2v) is 13.6. The van der Waals surface area contributed by atoms with Crippen molar-refractivity contribution in [1.82, 2.24) is 5.32 Å². The van der Waals surface area contributed by atoms with Gasteiger partial charge in [-0.25, -0.2) is 0 Å². The molecule has 0 aliphatic carbocycles. The zero-order chi connectivity index (χ0) is 34.0. The average molecular weight is 844 g/mol. The number of amides is 3. The van der Waals surface area contributed by atoms with Gasteiger partial charge in [-0.2, -0.15) is 5.01 Å². The van der Waals surface area contributed by atoms with Crippen molar-refractivity contribution < 1.29 is 19.1 Å². The van der Waals surface area contributed by atoms with Gasteiger partial charge >= 0.3 is 23.9 Å². The first-order valence-corrected chi connectivity index (χ1v) is 16.0. The summed E-state index contributed by atoms with van der Waals surface area (Å²) in [6.07, 6.45) is 1.88.